The lowest BCUT2D eigenvalue weighted by molar-refractivity contribution is -0.119. The van der Waals surface area contributed by atoms with E-state index >= 15 is 0 Å². The summed E-state index contributed by atoms with van der Waals surface area (Å²) in [6.45, 7) is 1.37. The largest absolute Gasteiger partial charge is 0.383 e. The van der Waals surface area contributed by atoms with Crippen LogP contribution in [0.2, 0.25) is 0 Å². The van der Waals surface area contributed by atoms with Gasteiger partial charge in [-0.3, -0.25) is 4.79 Å². The number of rotatable bonds is 7. The summed E-state index contributed by atoms with van der Waals surface area (Å²) >= 11 is 1.51. The molecule has 142 valence electrons. The lowest BCUT2D eigenvalue weighted by Gasteiger charge is -2.20. The smallest absolute Gasteiger partial charge is 0.230 e. The van der Waals surface area contributed by atoms with Crippen molar-refractivity contribution in [1.82, 2.24) is 14.9 Å². The van der Waals surface area contributed by atoms with Gasteiger partial charge in [0.05, 0.1) is 23.4 Å². The molecule has 1 aromatic heterocycles. The molecule has 0 saturated heterocycles. The average Bonchev–Trinajstić information content (AvgIpc) is 2.98. The Labute approximate surface area is 159 Å². The van der Waals surface area contributed by atoms with Crippen molar-refractivity contribution >= 4 is 28.7 Å². The molecule has 0 atom stereocenters. The molecule has 0 spiro atoms. The number of methoxy groups -OCH3 is 1. The first-order chi connectivity index (χ1) is 12.8. The molecule has 0 aliphatic heterocycles. The van der Waals surface area contributed by atoms with E-state index in [9.17, 15) is 4.79 Å². The first-order valence-electron chi connectivity index (χ1n) is 9.64. The standard InChI is InChI=1S/C20H29N3O2S/c1-25-14-13-23-18-12-8-7-11-17(18)22-20(23)26-15-19(24)21-16-9-5-3-2-4-6-10-16/h7-8,11-12,16H,2-6,9-10,13-15H2,1H3,(H,21,24). The Bertz CT molecular complexity index is 708. The molecular weight excluding hydrogens is 346 g/mol. The van der Waals surface area contributed by atoms with Crippen molar-refractivity contribution < 1.29 is 9.53 Å². The minimum atomic E-state index is 0.117. The number of imidazole rings is 1. The molecular formula is C20H29N3O2S. The van der Waals surface area contributed by atoms with Gasteiger partial charge >= 0.3 is 0 Å². The fourth-order valence-electron chi connectivity index (χ4n) is 3.56. The molecule has 2 aromatic rings. The average molecular weight is 376 g/mol. The van der Waals surface area contributed by atoms with E-state index in [-0.39, 0.29) is 5.91 Å². The van der Waals surface area contributed by atoms with Crippen LogP contribution in [0.4, 0.5) is 0 Å². The molecule has 1 saturated carbocycles. The molecule has 3 rings (SSSR count). The van der Waals surface area contributed by atoms with Crippen molar-refractivity contribution in [3.8, 4) is 0 Å². The monoisotopic (exact) mass is 375 g/mol. The second-order valence-electron chi connectivity index (χ2n) is 6.93. The van der Waals surface area contributed by atoms with Gasteiger partial charge < -0.3 is 14.6 Å². The minimum Gasteiger partial charge on any atom is -0.383 e. The molecule has 0 radical (unpaired) electrons. The molecule has 1 amide bonds. The fourth-order valence-corrected chi connectivity index (χ4v) is 4.41. The van der Waals surface area contributed by atoms with E-state index in [1.807, 2.05) is 18.2 Å². The van der Waals surface area contributed by atoms with Crippen LogP contribution in [-0.2, 0) is 16.1 Å². The van der Waals surface area contributed by atoms with E-state index in [1.54, 1.807) is 7.11 Å². The zero-order valence-electron chi connectivity index (χ0n) is 15.6. The highest BCUT2D eigenvalue weighted by molar-refractivity contribution is 7.99. The van der Waals surface area contributed by atoms with Gasteiger partial charge in [-0.15, -0.1) is 0 Å². The second kappa shape index (κ2) is 9.97. The molecule has 26 heavy (non-hydrogen) atoms. The first-order valence-corrected chi connectivity index (χ1v) is 10.6. The van der Waals surface area contributed by atoms with Crippen LogP contribution >= 0.6 is 11.8 Å². The number of thioether (sulfide) groups is 1. The lowest BCUT2D eigenvalue weighted by Crippen LogP contribution is -2.36. The van der Waals surface area contributed by atoms with Gasteiger partial charge in [0.2, 0.25) is 5.91 Å². The zero-order valence-corrected chi connectivity index (χ0v) is 16.4. The number of carbonyl (C=O) groups excluding carboxylic acids is 1. The third-order valence-corrected chi connectivity index (χ3v) is 5.92. The Kier molecular flexibility index (Phi) is 7.38. The third-order valence-electron chi connectivity index (χ3n) is 4.94. The second-order valence-corrected chi connectivity index (χ2v) is 7.87. The highest BCUT2D eigenvalue weighted by Gasteiger charge is 2.16. The Hall–Kier alpha value is -1.53. The summed E-state index contributed by atoms with van der Waals surface area (Å²) in [4.78, 5) is 17.1. The van der Waals surface area contributed by atoms with Crippen molar-refractivity contribution in [1.29, 1.82) is 0 Å². The number of benzene rings is 1. The number of nitrogens with zero attached hydrogens (tertiary/aromatic N) is 2. The molecule has 1 aliphatic carbocycles. The number of hydrogen-bond donors (Lipinski definition) is 1. The van der Waals surface area contributed by atoms with Crippen molar-refractivity contribution in [2.75, 3.05) is 19.5 Å². The fraction of sp³-hybridized carbons (Fsp3) is 0.600. The van der Waals surface area contributed by atoms with Gasteiger partial charge in [0, 0.05) is 19.7 Å². The van der Waals surface area contributed by atoms with Crippen LogP contribution in [0.1, 0.15) is 44.9 Å². The predicted octanol–water partition coefficient (Wildman–Crippen LogP) is 4.00. The van der Waals surface area contributed by atoms with Gasteiger partial charge in [-0.25, -0.2) is 4.98 Å². The number of fused-ring (bicyclic) bond motifs is 1. The highest BCUT2D eigenvalue weighted by atomic mass is 32.2. The Balaban J connectivity index is 1.60. The van der Waals surface area contributed by atoms with E-state index in [2.05, 4.69) is 16.0 Å². The van der Waals surface area contributed by atoms with E-state index in [4.69, 9.17) is 9.72 Å². The van der Waals surface area contributed by atoms with E-state index in [1.165, 1.54) is 43.9 Å². The molecule has 0 bridgehead atoms. The molecule has 5 nitrogen and oxygen atoms in total. The summed E-state index contributed by atoms with van der Waals surface area (Å²) in [7, 11) is 1.70. The van der Waals surface area contributed by atoms with Crippen molar-refractivity contribution in [3.05, 3.63) is 24.3 Å². The van der Waals surface area contributed by atoms with Gasteiger partial charge in [0.15, 0.2) is 5.16 Å². The van der Waals surface area contributed by atoms with Crippen molar-refractivity contribution in [3.63, 3.8) is 0 Å². The highest BCUT2D eigenvalue weighted by Crippen LogP contribution is 2.24. The molecule has 1 aliphatic rings. The summed E-state index contributed by atoms with van der Waals surface area (Å²) < 4.78 is 7.38. The summed E-state index contributed by atoms with van der Waals surface area (Å²) in [5.74, 6) is 0.526. The topological polar surface area (TPSA) is 56.1 Å². The SMILES string of the molecule is COCCn1c(SCC(=O)NC2CCCCCCC2)nc2ccccc21. The molecule has 1 N–H and O–H groups in total. The van der Waals surface area contributed by atoms with Gasteiger partial charge in [0.25, 0.3) is 0 Å². The van der Waals surface area contributed by atoms with Crippen LogP contribution in [0.15, 0.2) is 29.4 Å². The van der Waals surface area contributed by atoms with Gasteiger partial charge in [-0.1, -0.05) is 56.0 Å². The van der Waals surface area contributed by atoms with E-state index in [0.717, 1.165) is 35.6 Å². The number of nitrogens with one attached hydrogen (secondary N) is 1. The number of hydrogen-bond acceptors (Lipinski definition) is 4. The maximum absolute atomic E-state index is 12.4. The Morgan fingerprint density at radius 1 is 1.23 bits per heavy atom. The minimum absolute atomic E-state index is 0.117. The quantitative estimate of drug-likeness (QED) is 0.743. The molecule has 0 unspecified atom stereocenters. The van der Waals surface area contributed by atoms with Gasteiger partial charge in [-0.05, 0) is 25.0 Å². The Morgan fingerprint density at radius 3 is 2.73 bits per heavy atom. The van der Waals surface area contributed by atoms with Crippen LogP contribution < -0.4 is 5.32 Å². The van der Waals surface area contributed by atoms with Crippen LogP contribution in [0.25, 0.3) is 11.0 Å². The normalized spacial score (nSPS) is 16.3. The number of carbonyl (C=O) groups is 1. The molecule has 1 heterocycles. The summed E-state index contributed by atoms with van der Waals surface area (Å²) in [5.41, 5.74) is 2.05. The maximum atomic E-state index is 12.4. The van der Waals surface area contributed by atoms with Crippen LogP contribution in [0, 0.1) is 0 Å². The summed E-state index contributed by atoms with van der Waals surface area (Å²) in [6, 6.07) is 8.43. The number of ether oxygens (including phenoxy) is 1. The van der Waals surface area contributed by atoms with Gasteiger partial charge in [0.1, 0.15) is 0 Å². The van der Waals surface area contributed by atoms with Crippen LogP contribution in [0.5, 0.6) is 0 Å². The molecule has 6 heteroatoms. The van der Waals surface area contributed by atoms with E-state index in [0.29, 0.717) is 18.4 Å². The Morgan fingerprint density at radius 2 is 1.96 bits per heavy atom. The zero-order chi connectivity index (χ0) is 18.2. The third kappa shape index (κ3) is 5.24. The van der Waals surface area contributed by atoms with E-state index < -0.39 is 0 Å². The lowest BCUT2D eigenvalue weighted by atomic mass is 9.97. The summed E-state index contributed by atoms with van der Waals surface area (Å²) in [6.07, 6.45) is 8.62. The van der Waals surface area contributed by atoms with Crippen LogP contribution in [0.3, 0.4) is 0 Å². The number of para-hydroxylation sites is 2. The number of aromatic nitrogens is 2. The van der Waals surface area contributed by atoms with Crippen LogP contribution in [-0.4, -0.2) is 41.0 Å². The maximum Gasteiger partial charge on any atom is 0.230 e. The number of amides is 1. The predicted molar refractivity (Wildman–Crippen MR) is 107 cm³/mol. The molecule has 1 fully saturated rings. The van der Waals surface area contributed by atoms with Crippen molar-refractivity contribution in [2.45, 2.75) is 62.7 Å². The molecule has 1 aromatic carbocycles. The van der Waals surface area contributed by atoms with Crippen molar-refractivity contribution in [2.24, 2.45) is 0 Å². The van der Waals surface area contributed by atoms with Gasteiger partial charge in [-0.2, -0.15) is 0 Å². The first kappa shape index (κ1) is 19.2. The summed E-state index contributed by atoms with van der Waals surface area (Å²) in [5, 5.41) is 4.12.